The summed E-state index contributed by atoms with van der Waals surface area (Å²) in [5.41, 5.74) is 0. The van der Waals surface area contributed by atoms with Gasteiger partial charge in [-0.05, 0) is 0 Å². The zero-order chi connectivity index (χ0) is 13.5. The average Bonchev–Trinajstić information content (AvgIpc) is 2.78. The summed E-state index contributed by atoms with van der Waals surface area (Å²) in [5.74, 6) is 0.398. The smallest absolute Gasteiger partial charge is 0.307 e. The first kappa shape index (κ1) is 14.8. The molecule has 0 aromatic rings. The lowest BCUT2D eigenvalue weighted by Gasteiger charge is -2.19. The summed E-state index contributed by atoms with van der Waals surface area (Å²) in [7, 11) is 2.96. The Labute approximate surface area is 111 Å². The van der Waals surface area contributed by atoms with Crippen LogP contribution in [0.4, 0.5) is 4.79 Å². The molecule has 18 heavy (non-hydrogen) atoms. The van der Waals surface area contributed by atoms with E-state index in [1.807, 2.05) is 0 Å². The maximum Gasteiger partial charge on any atom is 0.307 e. The Bertz CT molecular complexity index is 335. The summed E-state index contributed by atoms with van der Waals surface area (Å²) in [6, 6.07) is 0. The fourth-order valence-electron chi connectivity index (χ4n) is 1.54. The third kappa shape index (κ3) is 4.56. The van der Waals surface area contributed by atoms with E-state index in [1.54, 1.807) is 11.9 Å². The van der Waals surface area contributed by atoms with Gasteiger partial charge in [-0.15, -0.1) is 0 Å². The summed E-state index contributed by atoms with van der Waals surface area (Å²) in [6.07, 6.45) is 0.487. The van der Waals surface area contributed by atoms with Gasteiger partial charge >= 0.3 is 5.97 Å². The molecule has 6 nitrogen and oxygen atoms in total. The highest BCUT2D eigenvalue weighted by molar-refractivity contribution is 8.13. The molecule has 1 aliphatic rings. The van der Waals surface area contributed by atoms with Gasteiger partial charge < -0.3 is 14.5 Å². The predicted molar refractivity (Wildman–Crippen MR) is 68.3 cm³/mol. The molecular formula is C11H18N2O4S. The highest BCUT2D eigenvalue weighted by atomic mass is 32.2. The zero-order valence-corrected chi connectivity index (χ0v) is 11.5. The number of esters is 1. The molecule has 0 bridgehead atoms. The highest BCUT2D eigenvalue weighted by Gasteiger charge is 2.22. The third-order valence-corrected chi connectivity index (χ3v) is 3.64. The van der Waals surface area contributed by atoms with Crippen LogP contribution in [0.3, 0.4) is 0 Å². The topological polar surface area (TPSA) is 66.9 Å². The van der Waals surface area contributed by atoms with Crippen LogP contribution < -0.4 is 0 Å². The molecule has 1 fully saturated rings. The van der Waals surface area contributed by atoms with Gasteiger partial charge in [-0.25, -0.2) is 0 Å². The minimum Gasteiger partial charge on any atom is -0.469 e. The molecular weight excluding hydrogens is 256 g/mol. The number of carbonyl (C=O) groups excluding carboxylic acids is 3. The molecule has 0 N–H and O–H groups in total. The molecule has 0 radical (unpaired) electrons. The number of hydrogen-bond acceptors (Lipinski definition) is 5. The van der Waals surface area contributed by atoms with Crippen molar-refractivity contribution in [1.82, 2.24) is 9.80 Å². The lowest BCUT2D eigenvalue weighted by atomic mass is 10.3. The van der Waals surface area contributed by atoms with Gasteiger partial charge in [-0.2, -0.15) is 0 Å². The van der Waals surface area contributed by atoms with Crippen molar-refractivity contribution in [3.8, 4) is 0 Å². The second kappa shape index (κ2) is 7.25. The van der Waals surface area contributed by atoms with Crippen molar-refractivity contribution in [3.05, 3.63) is 0 Å². The number of carbonyl (C=O) groups is 3. The Morgan fingerprint density at radius 1 is 1.44 bits per heavy atom. The van der Waals surface area contributed by atoms with Crippen molar-refractivity contribution >= 4 is 28.9 Å². The maximum atomic E-state index is 11.7. The van der Waals surface area contributed by atoms with Crippen LogP contribution in [-0.2, 0) is 14.3 Å². The van der Waals surface area contributed by atoms with E-state index >= 15 is 0 Å². The van der Waals surface area contributed by atoms with Crippen LogP contribution in [0.15, 0.2) is 0 Å². The number of hydrogen-bond donors (Lipinski definition) is 0. The van der Waals surface area contributed by atoms with Crippen LogP contribution in [0.25, 0.3) is 0 Å². The Kier molecular flexibility index (Phi) is 5.97. The predicted octanol–water partition coefficient (Wildman–Crippen LogP) is 0.567. The van der Waals surface area contributed by atoms with Gasteiger partial charge in [0.1, 0.15) is 0 Å². The minimum absolute atomic E-state index is 0.0417. The Hall–Kier alpha value is -1.24. The molecule has 0 unspecified atom stereocenters. The van der Waals surface area contributed by atoms with Crippen LogP contribution in [0.5, 0.6) is 0 Å². The lowest BCUT2D eigenvalue weighted by Crippen LogP contribution is -2.33. The van der Waals surface area contributed by atoms with E-state index in [4.69, 9.17) is 0 Å². The SMILES string of the molecule is COC(=O)CCN(C)C(=O)CCN1CCSC1=O. The number of ether oxygens (including phenoxy) is 1. The van der Waals surface area contributed by atoms with Gasteiger partial charge in [0.05, 0.1) is 13.5 Å². The number of amides is 2. The first-order valence-electron chi connectivity index (χ1n) is 5.77. The summed E-state index contributed by atoms with van der Waals surface area (Å²) < 4.78 is 4.50. The Balaban J connectivity index is 2.23. The van der Waals surface area contributed by atoms with Gasteiger partial charge in [0.25, 0.3) is 5.24 Å². The van der Waals surface area contributed by atoms with Crippen molar-refractivity contribution in [1.29, 1.82) is 0 Å². The first-order chi connectivity index (χ1) is 8.54. The van der Waals surface area contributed by atoms with E-state index in [0.717, 1.165) is 5.75 Å². The molecule has 2 amide bonds. The lowest BCUT2D eigenvalue weighted by molar-refractivity contribution is -0.141. The first-order valence-corrected chi connectivity index (χ1v) is 6.75. The zero-order valence-electron chi connectivity index (χ0n) is 10.7. The average molecular weight is 274 g/mol. The van der Waals surface area contributed by atoms with Gasteiger partial charge in [-0.1, -0.05) is 11.8 Å². The molecule has 1 saturated heterocycles. The fraction of sp³-hybridized carbons (Fsp3) is 0.727. The standard InChI is InChI=1S/C11H18N2O4S/c1-12(5-4-10(15)17-2)9(14)3-6-13-7-8-18-11(13)16/h3-8H2,1-2H3. The second-order valence-electron chi connectivity index (χ2n) is 3.99. The van der Waals surface area contributed by atoms with Crippen molar-refractivity contribution in [3.63, 3.8) is 0 Å². The number of rotatable bonds is 6. The molecule has 0 atom stereocenters. The fourth-order valence-corrected chi connectivity index (χ4v) is 2.39. The van der Waals surface area contributed by atoms with Crippen LogP contribution in [0.1, 0.15) is 12.8 Å². The van der Waals surface area contributed by atoms with Gasteiger partial charge in [0.15, 0.2) is 0 Å². The molecule has 102 valence electrons. The van der Waals surface area contributed by atoms with E-state index < -0.39 is 0 Å². The summed E-state index contributed by atoms with van der Waals surface area (Å²) in [4.78, 5) is 37.2. The highest BCUT2D eigenvalue weighted by Crippen LogP contribution is 2.17. The molecule has 0 aliphatic carbocycles. The molecule has 0 aromatic carbocycles. The maximum absolute atomic E-state index is 11.7. The Morgan fingerprint density at radius 2 is 2.17 bits per heavy atom. The van der Waals surface area contributed by atoms with Gasteiger partial charge in [-0.3, -0.25) is 14.4 Å². The van der Waals surface area contributed by atoms with Crippen molar-refractivity contribution in [2.75, 3.05) is 39.5 Å². The van der Waals surface area contributed by atoms with Crippen molar-refractivity contribution in [2.24, 2.45) is 0 Å². The summed E-state index contributed by atoms with van der Waals surface area (Å²) >= 11 is 1.28. The molecule has 0 spiro atoms. The van der Waals surface area contributed by atoms with Crippen molar-refractivity contribution in [2.45, 2.75) is 12.8 Å². The largest absolute Gasteiger partial charge is 0.469 e. The van der Waals surface area contributed by atoms with E-state index in [2.05, 4.69) is 4.74 Å². The van der Waals surface area contributed by atoms with Crippen LogP contribution >= 0.6 is 11.8 Å². The van der Waals surface area contributed by atoms with E-state index in [0.29, 0.717) is 26.1 Å². The molecule has 1 heterocycles. The van der Waals surface area contributed by atoms with Crippen LogP contribution in [0, 0.1) is 0 Å². The molecule has 1 rings (SSSR count). The number of nitrogens with zero attached hydrogens (tertiary/aromatic N) is 2. The van der Waals surface area contributed by atoms with Crippen LogP contribution in [0.2, 0.25) is 0 Å². The quantitative estimate of drug-likeness (QED) is 0.662. The summed E-state index contributed by atoms with van der Waals surface area (Å²) in [5, 5.41) is 0.0417. The molecule has 0 saturated carbocycles. The molecule has 1 aliphatic heterocycles. The van der Waals surface area contributed by atoms with Gasteiger partial charge in [0, 0.05) is 38.9 Å². The Morgan fingerprint density at radius 3 is 2.72 bits per heavy atom. The molecule has 7 heteroatoms. The molecule has 0 aromatic heterocycles. The normalized spacial score (nSPS) is 14.8. The van der Waals surface area contributed by atoms with Crippen LogP contribution in [-0.4, -0.2) is 66.5 Å². The second-order valence-corrected chi connectivity index (χ2v) is 5.04. The van der Waals surface area contributed by atoms with Gasteiger partial charge in [0.2, 0.25) is 5.91 Å². The number of methoxy groups -OCH3 is 1. The number of thioether (sulfide) groups is 1. The minimum atomic E-state index is -0.333. The van der Waals surface area contributed by atoms with E-state index in [9.17, 15) is 14.4 Å². The van der Waals surface area contributed by atoms with Crippen molar-refractivity contribution < 1.29 is 19.1 Å². The third-order valence-electron chi connectivity index (χ3n) is 2.75. The van der Waals surface area contributed by atoms with E-state index in [-0.39, 0.29) is 23.5 Å². The summed E-state index contributed by atoms with van der Waals surface area (Å²) in [6.45, 7) is 1.50. The van der Waals surface area contributed by atoms with E-state index in [1.165, 1.54) is 23.8 Å². The monoisotopic (exact) mass is 274 g/mol.